The maximum absolute atomic E-state index is 12.4. The molecule has 1 heterocycles. The van der Waals surface area contributed by atoms with Crippen molar-refractivity contribution in [3.8, 4) is 0 Å². The van der Waals surface area contributed by atoms with Gasteiger partial charge < -0.3 is 4.90 Å². The highest BCUT2D eigenvalue weighted by molar-refractivity contribution is 5.91. The Hall–Kier alpha value is -2.35. The van der Waals surface area contributed by atoms with Crippen LogP contribution >= 0.6 is 0 Å². The molecule has 2 aromatic rings. The second kappa shape index (κ2) is 6.64. The molecule has 0 bridgehead atoms. The lowest BCUT2D eigenvalue weighted by molar-refractivity contribution is -0.126. The van der Waals surface area contributed by atoms with E-state index >= 15 is 0 Å². The molecular weight excluding hydrogens is 294 g/mol. The first kappa shape index (κ1) is 16.5. The molecule has 0 N–H and O–H groups in total. The number of hydrogen-bond donors (Lipinski definition) is 0. The Bertz CT molecular complexity index is 750. The topological polar surface area (TPSA) is 20.3 Å². The smallest absolute Gasteiger partial charge is 0.246 e. The highest BCUT2D eigenvalue weighted by Gasteiger charge is 2.18. The van der Waals surface area contributed by atoms with Gasteiger partial charge in [-0.2, -0.15) is 0 Å². The molecule has 3 rings (SSSR count). The molecule has 2 heteroatoms. The maximum atomic E-state index is 12.4. The molecule has 0 aliphatic carbocycles. The van der Waals surface area contributed by atoms with Gasteiger partial charge in [0.05, 0.1) is 0 Å². The molecule has 0 atom stereocenters. The number of amides is 1. The summed E-state index contributed by atoms with van der Waals surface area (Å²) < 4.78 is 0. The van der Waals surface area contributed by atoms with E-state index in [1.807, 2.05) is 17.0 Å². The van der Waals surface area contributed by atoms with Crippen molar-refractivity contribution < 1.29 is 4.79 Å². The van der Waals surface area contributed by atoms with E-state index in [1.165, 1.54) is 16.7 Å². The normalized spacial score (nSPS) is 14.7. The first-order valence-electron chi connectivity index (χ1n) is 8.58. The molecule has 1 amide bonds. The van der Waals surface area contributed by atoms with Gasteiger partial charge in [0, 0.05) is 19.2 Å². The average Bonchev–Trinajstić information content (AvgIpc) is 2.59. The molecule has 2 aromatic carbocycles. The lowest BCUT2D eigenvalue weighted by Crippen LogP contribution is -2.34. The monoisotopic (exact) mass is 319 g/mol. The third-order valence-electron chi connectivity index (χ3n) is 4.64. The van der Waals surface area contributed by atoms with Gasteiger partial charge in [-0.05, 0) is 40.2 Å². The first-order chi connectivity index (χ1) is 11.4. The van der Waals surface area contributed by atoms with Crippen LogP contribution in [0.3, 0.4) is 0 Å². The van der Waals surface area contributed by atoms with E-state index in [9.17, 15) is 4.79 Å². The summed E-state index contributed by atoms with van der Waals surface area (Å²) in [5.41, 5.74) is 5.15. The number of benzene rings is 2. The predicted octanol–water partition coefficient (Wildman–Crippen LogP) is 4.58. The zero-order valence-electron chi connectivity index (χ0n) is 14.8. The molecule has 0 unspecified atom stereocenters. The zero-order chi connectivity index (χ0) is 17.2. The van der Waals surface area contributed by atoms with Crippen LogP contribution in [-0.2, 0) is 23.2 Å². The second-order valence-corrected chi connectivity index (χ2v) is 7.48. The molecule has 24 heavy (non-hydrogen) atoms. The lowest BCUT2D eigenvalue weighted by Gasteiger charge is -2.27. The van der Waals surface area contributed by atoms with E-state index in [-0.39, 0.29) is 11.3 Å². The standard InChI is InChI=1S/C22H25NO/c1-22(2,3)20-11-8-17(9-12-20)10-13-21(24)23-15-14-18-6-4-5-7-19(18)16-23/h4-13H,14-16H2,1-3H3. The highest BCUT2D eigenvalue weighted by Crippen LogP contribution is 2.23. The van der Waals surface area contributed by atoms with Crippen molar-refractivity contribution in [3.05, 3.63) is 76.9 Å². The van der Waals surface area contributed by atoms with E-state index in [1.54, 1.807) is 6.08 Å². The Morgan fingerprint density at radius 3 is 2.33 bits per heavy atom. The Balaban J connectivity index is 1.66. The number of rotatable bonds is 2. The van der Waals surface area contributed by atoms with Gasteiger partial charge in [0.1, 0.15) is 0 Å². The molecule has 0 saturated heterocycles. The van der Waals surface area contributed by atoms with Crippen molar-refractivity contribution in [2.45, 2.75) is 39.2 Å². The number of carbonyl (C=O) groups is 1. The van der Waals surface area contributed by atoms with Crippen molar-refractivity contribution in [2.24, 2.45) is 0 Å². The fourth-order valence-corrected chi connectivity index (χ4v) is 3.05. The SMILES string of the molecule is CC(C)(C)c1ccc(C=CC(=O)N2CCc3ccccc3C2)cc1. The van der Waals surface area contributed by atoms with E-state index in [2.05, 4.69) is 63.2 Å². The van der Waals surface area contributed by atoms with Gasteiger partial charge in [0.2, 0.25) is 5.91 Å². The van der Waals surface area contributed by atoms with Crippen LogP contribution in [0.15, 0.2) is 54.6 Å². The summed E-state index contributed by atoms with van der Waals surface area (Å²) in [6.07, 6.45) is 4.55. The van der Waals surface area contributed by atoms with Crippen LogP contribution in [0.25, 0.3) is 6.08 Å². The molecular formula is C22H25NO. The minimum atomic E-state index is 0.0874. The van der Waals surface area contributed by atoms with E-state index in [4.69, 9.17) is 0 Å². The zero-order valence-corrected chi connectivity index (χ0v) is 14.8. The van der Waals surface area contributed by atoms with E-state index in [0.717, 1.165) is 18.5 Å². The minimum Gasteiger partial charge on any atom is -0.334 e. The first-order valence-corrected chi connectivity index (χ1v) is 8.58. The number of hydrogen-bond acceptors (Lipinski definition) is 1. The minimum absolute atomic E-state index is 0.0874. The Morgan fingerprint density at radius 2 is 1.67 bits per heavy atom. The summed E-state index contributed by atoms with van der Waals surface area (Å²) in [4.78, 5) is 14.4. The molecule has 0 fully saturated rings. The van der Waals surface area contributed by atoms with Gasteiger partial charge in [0.25, 0.3) is 0 Å². The van der Waals surface area contributed by atoms with Crippen LogP contribution in [0.5, 0.6) is 0 Å². The van der Waals surface area contributed by atoms with Crippen LogP contribution in [0.1, 0.15) is 43.0 Å². The maximum Gasteiger partial charge on any atom is 0.246 e. The van der Waals surface area contributed by atoms with Gasteiger partial charge >= 0.3 is 0 Å². The summed E-state index contributed by atoms with van der Waals surface area (Å²) in [5, 5.41) is 0. The van der Waals surface area contributed by atoms with Crippen LogP contribution in [-0.4, -0.2) is 17.4 Å². The second-order valence-electron chi connectivity index (χ2n) is 7.48. The van der Waals surface area contributed by atoms with Crippen molar-refractivity contribution in [3.63, 3.8) is 0 Å². The summed E-state index contributed by atoms with van der Waals surface area (Å²) in [6.45, 7) is 8.12. The van der Waals surface area contributed by atoms with Gasteiger partial charge in [-0.15, -0.1) is 0 Å². The Morgan fingerprint density at radius 1 is 1.00 bits per heavy atom. The van der Waals surface area contributed by atoms with Crippen molar-refractivity contribution >= 4 is 12.0 Å². The van der Waals surface area contributed by atoms with Crippen molar-refractivity contribution in [2.75, 3.05) is 6.54 Å². The molecule has 0 radical (unpaired) electrons. The van der Waals surface area contributed by atoms with Crippen LogP contribution in [0.2, 0.25) is 0 Å². The van der Waals surface area contributed by atoms with Crippen molar-refractivity contribution in [1.29, 1.82) is 0 Å². The average molecular weight is 319 g/mol. The predicted molar refractivity (Wildman–Crippen MR) is 99.7 cm³/mol. The van der Waals surface area contributed by atoms with Crippen molar-refractivity contribution in [1.82, 2.24) is 4.90 Å². The Labute approximate surface area is 144 Å². The van der Waals surface area contributed by atoms with Gasteiger partial charge in [-0.3, -0.25) is 4.79 Å². The quantitative estimate of drug-likeness (QED) is 0.742. The van der Waals surface area contributed by atoms with Crippen LogP contribution < -0.4 is 0 Å². The van der Waals surface area contributed by atoms with Gasteiger partial charge in [-0.1, -0.05) is 69.3 Å². The molecule has 0 aromatic heterocycles. The Kier molecular flexibility index (Phi) is 4.57. The summed E-state index contributed by atoms with van der Waals surface area (Å²) in [6, 6.07) is 16.8. The van der Waals surface area contributed by atoms with Crippen LogP contribution in [0, 0.1) is 0 Å². The van der Waals surface area contributed by atoms with E-state index in [0.29, 0.717) is 6.54 Å². The summed E-state index contributed by atoms with van der Waals surface area (Å²) in [5.74, 6) is 0.0874. The molecule has 2 nitrogen and oxygen atoms in total. The third kappa shape index (κ3) is 3.76. The third-order valence-corrected chi connectivity index (χ3v) is 4.64. The molecule has 1 aliphatic heterocycles. The number of carbonyl (C=O) groups excluding carboxylic acids is 1. The molecule has 124 valence electrons. The fourth-order valence-electron chi connectivity index (χ4n) is 3.05. The molecule has 0 saturated carbocycles. The number of fused-ring (bicyclic) bond motifs is 1. The van der Waals surface area contributed by atoms with E-state index < -0.39 is 0 Å². The van der Waals surface area contributed by atoms with Gasteiger partial charge in [-0.25, -0.2) is 0 Å². The largest absolute Gasteiger partial charge is 0.334 e. The number of nitrogens with zero attached hydrogens (tertiary/aromatic N) is 1. The summed E-state index contributed by atoms with van der Waals surface area (Å²) >= 11 is 0. The van der Waals surface area contributed by atoms with Gasteiger partial charge in [0.15, 0.2) is 0 Å². The summed E-state index contributed by atoms with van der Waals surface area (Å²) in [7, 11) is 0. The molecule has 0 spiro atoms. The fraction of sp³-hybridized carbons (Fsp3) is 0.318. The lowest BCUT2D eigenvalue weighted by atomic mass is 9.87. The molecule has 1 aliphatic rings. The van der Waals surface area contributed by atoms with Crippen LogP contribution in [0.4, 0.5) is 0 Å². The highest BCUT2D eigenvalue weighted by atomic mass is 16.2.